The van der Waals surface area contributed by atoms with E-state index < -0.39 is 0 Å². The Labute approximate surface area is 120 Å². The lowest BCUT2D eigenvalue weighted by Crippen LogP contribution is -2.06. The summed E-state index contributed by atoms with van der Waals surface area (Å²) >= 11 is 0. The van der Waals surface area contributed by atoms with Gasteiger partial charge in [-0.3, -0.25) is 0 Å². The molecule has 0 spiro atoms. The highest BCUT2D eigenvalue weighted by Gasteiger charge is 2.03. The van der Waals surface area contributed by atoms with Gasteiger partial charge < -0.3 is 15.2 Å². The highest BCUT2D eigenvalue weighted by atomic mass is 16.5. The molecule has 0 heterocycles. The van der Waals surface area contributed by atoms with E-state index in [0.29, 0.717) is 13.2 Å². The van der Waals surface area contributed by atoms with Gasteiger partial charge in [0.05, 0.1) is 13.2 Å². The van der Waals surface area contributed by atoms with Crippen molar-refractivity contribution in [2.75, 3.05) is 18.9 Å². The van der Waals surface area contributed by atoms with Crippen LogP contribution in [-0.4, -0.2) is 13.2 Å². The molecule has 0 aliphatic rings. The molecule has 0 bridgehead atoms. The second-order valence-electron chi connectivity index (χ2n) is 4.84. The van der Waals surface area contributed by atoms with Gasteiger partial charge in [-0.2, -0.15) is 0 Å². The van der Waals surface area contributed by atoms with Crippen molar-refractivity contribution < 1.29 is 9.47 Å². The fraction of sp³-hybridized carbons (Fsp3) is 0.294. The van der Waals surface area contributed by atoms with E-state index in [4.69, 9.17) is 15.2 Å². The molecule has 2 aromatic rings. The summed E-state index contributed by atoms with van der Waals surface area (Å²) in [7, 11) is 0. The SMILES string of the molecule is Cc1cc(OCCCOc2ccccc2)c(C)cc1N. The van der Waals surface area contributed by atoms with Crippen LogP contribution >= 0.6 is 0 Å². The van der Waals surface area contributed by atoms with E-state index in [1.165, 1.54) is 0 Å². The second kappa shape index (κ2) is 6.85. The Kier molecular flexibility index (Phi) is 4.88. The van der Waals surface area contributed by atoms with Crippen LogP contribution in [0, 0.1) is 13.8 Å². The lowest BCUT2D eigenvalue weighted by atomic mass is 10.1. The van der Waals surface area contributed by atoms with Crippen molar-refractivity contribution in [1.29, 1.82) is 0 Å². The molecule has 0 aliphatic carbocycles. The minimum Gasteiger partial charge on any atom is -0.493 e. The van der Waals surface area contributed by atoms with Gasteiger partial charge in [0.15, 0.2) is 0 Å². The molecule has 0 atom stereocenters. The summed E-state index contributed by atoms with van der Waals surface area (Å²) in [6.45, 7) is 5.28. The number of hydrogen-bond donors (Lipinski definition) is 1. The van der Waals surface area contributed by atoms with E-state index in [1.54, 1.807) is 0 Å². The number of rotatable bonds is 6. The molecule has 0 aromatic heterocycles. The number of nitrogen functional groups attached to an aromatic ring is 1. The smallest absolute Gasteiger partial charge is 0.122 e. The van der Waals surface area contributed by atoms with Crippen LogP contribution in [0.3, 0.4) is 0 Å². The lowest BCUT2D eigenvalue weighted by Gasteiger charge is -2.12. The molecule has 0 radical (unpaired) electrons. The molecular weight excluding hydrogens is 250 g/mol. The van der Waals surface area contributed by atoms with Gasteiger partial charge in [0.2, 0.25) is 0 Å². The molecule has 3 nitrogen and oxygen atoms in total. The number of benzene rings is 2. The molecule has 2 aromatic carbocycles. The van der Waals surface area contributed by atoms with Crippen LogP contribution in [0.15, 0.2) is 42.5 Å². The first-order valence-electron chi connectivity index (χ1n) is 6.84. The van der Waals surface area contributed by atoms with Gasteiger partial charge in [0, 0.05) is 12.1 Å². The summed E-state index contributed by atoms with van der Waals surface area (Å²) in [5, 5.41) is 0. The Morgan fingerprint density at radius 2 is 1.60 bits per heavy atom. The van der Waals surface area contributed by atoms with E-state index in [1.807, 2.05) is 56.3 Å². The van der Waals surface area contributed by atoms with Gasteiger partial charge in [0.1, 0.15) is 11.5 Å². The summed E-state index contributed by atoms with van der Waals surface area (Å²) in [6.07, 6.45) is 0.845. The van der Waals surface area contributed by atoms with Gasteiger partial charge in [0.25, 0.3) is 0 Å². The molecule has 0 unspecified atom stereocenters. The third-order valence-electron chi connectivity index (χ3n) is 3.12. The summed E-state index contributed by atoms with van der Waals surface area (Å²) in [6, 6.07) is 13.7. The van der Waals surface area contributed by atoms with Crippen molar-refractivity contribution in [3.05, 3.63) is 53.6 Å². The van der Waals surface area contributed by atoms with E-state index in [0.717, 1.165) is 34.7 Å². The third-order valence-corrected chi connectivity index (χ3v) is 3.12. The molecule has 0 fully saturated rings. The fourth-order valence-corrected chi connectivity index (χ4v) is 1.92. The number of para-hydroxylation sites is 1. The van der Waals surface area contributed by atoms with E-state index >= 15 is 0 Å². The van der Waals surface area contributed by atoms with Crippen LogP contribution in [0.1, 0.15) is 17.5 Å². The topological polar surface area (TPSA) is 44.5 Å². The first kappa shape index (κ1) is 14.3. The zero-order valence-corrected chi connectivity index (χ0v) is 12.1. The van der Waals surface area contributed by atoms with E-state index in [9.17, 15) is 0 Å². The molecule has 2 N–H and O–H groups in total. The van der Waals surface area contributed by atoms with Crippen LogP contribution in [0.4, 0.5) is 5.69 Å². The molecular formula is C17H21NO2. The maximum absolute atomic E-state index is 5.85. The zero-order valence-electron chi connectivity index (χ0n) is 12.1. The van der Waals surface area contributed by atoms with Crippen molar-refractivity contribution in [3.63, 3.8) is 0 Å². The fourth-order valence-electron chi connectivity index (χ4n) is 1.92. The van der Waals surface area contributed by atoms with Crippen LogP contribution in [0.5, 0.6) is 11.5 Å². The summed E-state index contributed by atoms with van der Waals surface area (Å²) in [4.78, 5) is 0. The average molecular weight is 271 g/mol. The largest absolute Gasteiger partial charge is 0.493 e. The molecule has 106 valence electrons. The van der Waals surface area contributed by atoms with Gasteiger partial charge in [-0.15, -0.1) is 0 Å². The minimum atomic E-state index is 0.636. The van der Waals surface area contributed by atoms with Crippen LogP contribution in [-0.2, 0) is 0 Å². The third kappa shape index (κ3) is 3.92. The van der Waals surface area contributed by atoms with E-state index in [-0.39, 0.29) is 0 Å². The molecule has 20 heavy (non-hydrogen) atoms. The lowest BCUT2D eigenvalue weighted by molar-refractivity contribution is 0.246. The Hall–Kier alpha value is -2.16. The Morgan fingerprint density at radius 1 is 0.900 bits per heavy atom. The van der Waals surface area contributed by atoms with Crippen molar-refractivity contribution in [1.82, 2.24) is 0 Å². The molecule has 2 rings (SSSR count). The monoisotopic (exact) mass is 271 g/mol. The normalized spacial score (nSPS) is 10.3. The average Bonchev–Trinajstić information content (AvgIpc) is 2.45. The number of anilines is 1. The van der Waals surface area contributed by atoms with Gasteiger partial charge >= 0.3 is 0 Å². The predicted molar refractivity (Wildman–Crippen MR) is 82.4 cm³/mol. The van der Waals surface area contributed by atoms with Crippen molar-refractivity contribution in [2.24, 2.45) is 0 Å². The Morgan fingerprint density at radius 3 is 2.35 bits per heavy atom. The molecule has 0 aliphatic heterocycles. The van der Waals surface area contributed by atoms with Crippen molar-refractivity contribution in [3.8, 4) is 11.5 Å². The van der Waals surface area contributed by atoms with Crippen molar-refractivity contribution in [2.45, 2.75) is 20.3 Å². The number of nitrogens with two attached hydrogens (primary N) is 1. The quantitative estimate of drug-likeness (QED) is 0.643. The number of ether oxygens (including phenoxy) is 2. The Bertz CT molecular complexity index is 552. The van der Waals surface area contributed by atoms with Crippen molar-refractivity contribution >= 4 is 5.69 Å². The maximum atomic E-state index is 5.85. The highest BCUT2D eigenvalue weighted by Crippen LogP contribution is 2.24. The molecule has 0 saturated heterocycles. The van der Waals surface area contributed by atoms with Crippen LogP contribution in [0.25, 0.3) is 0 Å². The molecule has 3 heteroatoms. The summed E-state index contributed by atoms with van der Waals surface area (Å²) < 4.78 is 11.4. The zero-order chi connectivity index (χ0) is 14.4. The first-order valence-corrected chi connectivity index (χ1v) is 6.84. The highest BCUT2D eigenvalue weighted by molar-refractivity contribution is 5.53. The molecule has 0 saturated carbocycles. The Balaban J connectivity index is 1.75. The number of hydrogen-bond acceptors (Lipinski definition) is 3. The molecule has 0 amide bonds. The van der Waals surface area contributed by atoms with Crippen LogP contribution in [0.2, 0.25) is 0 Å². The summed E-state index contributed by atoms with van der Waals surface area (Å²) in [5.74, 6) is 1.79. The maximum Gasteiger partial charge on any atom is 0.122 e. The number of aryl methyl sites for hydroxylation is 2. The summed E-state index contributed by atoms with van der Waals surface area (Å²) in [5.41, 5.74) is 8.78. The first-order chi connectivity index (χ1) is 9.66. The van der Waals surface area contributed by atoms with Gasteiger partial charge in [-0.1, -0.05) is 18.2 Å². The van der Waals surface area contributed by atoms with Crippen LogP contribution < -0.4 is 15.2 Å². The van der Waals surface area contributed by atoms with Gasteiger partial charge in [-0.25, -0.2) is 0 Å². The predicted octanol–water partition coefficient (Wildman–Crippen LogP) is 3.73. The standard InChI is InChI=1S/C17H21NO2/c1-13-12-17(14(2)11-16(13)18)20-10-6-9-19-15-7-4-3-5-8-15/h3-5,7-8,11-12H,6,9-10,18H2,1-2H3. The second-order valence-corrected chi connectivity index (χ2v) is 4.84. The van der Waals surface area contributed by atoms with Gasteiger partial charge in [-0.05, 0) is 49.2 Å². The van der Waals surface area contributed by atoms with E-state index in [2.05, 4.69) is 0 Å². The minimum absolute atomic E-state index is 0.636.